The van der Waals surface area contributed by atoms with Crippen molar-refractivity contribution in [1.29, 1.82) is 0 Å². The Bertz CT molecular complexity index is 457. The number of hydrogen-bond donors (Lipinski definition) is 1. The van der Waals surface area contributed by atoms with Gasteiger partial charge in [0.05, 0.1) is 5.69 Å². The molecular formula is C16H27N3. The van der Waals surface area contributed by atoms with E-state index in [-0.39, 0.29) is 0 Å². The van der Waals surface area contributed by atoms with Gasteiger partial charge in [-0.3, -0.25) is 4.68 Å². The van der Waals surface area contributed by atoms with E-state index in [1.165, 1.54) is 42.6 Å². The van der Waals surface area contributed by atoms with Crippen molar-refractivity contribution in [2.45, 2.75) is 66.0 Å². The molecule has 1 aliphatic carbocycles. The lowest BCUT2D eigenvalue weighted by molar-refractivity contribution is 0.565. The van der Waals surface area contributed by atoms with Crippen LogP contribution in [0, 0.1) is 13.8 Å². The summed E-state index contributed by atoms with van der Waals surface area (Å²) in [4.78, 5) is 0. The first kappa shape index (κ1) is 14.3. The van der Waals surface area contributed by atoms with Gasteiger partial charge in [-0.15, -0.1) is 0 Å². The van der Waals surface area contributed by atoms with Gasteiger partial charge in [0.2, 0.25) is 0 Å². The summed E-state index contributed by atoms with van der Waals surface area (Å²) >= 11 is 0. The summed E-state index contributed by atoms with van der Waals surface area (Å²) in [6, 6.07) is 0.391. The molecule has 2 rings (SSSR count). The summed E-state index contributed by atoms with van der Waals surface area (Å²) in [7, 11) is 0. The van der Waals surface area contributed by atoms with Crippen LogP contribution in [-0.4, -0.2) is 16.3 Å². The van der Waals surface area contributed by atoms with Crippen molar-refractivity contribution < 1.29 is 0 Å². The first-order valence-electron chi connectivity index (χ1n) is 7.58. The molecular weight excluding hydrogens is 234 g/mol. The van der Waals surface area contributed by atoms with Crippen molar-refractivity contribution in [1.82, 2.24) is 15.1 Å². The zero-order chi connectivity index (χ0) is 13.8. The lowest BCUT2D eigenvalue weighted by Crippen LogP contribution is -2.21. The van der Waals surface area contributed by atoms with E-state index in [1.807, 2.05) is 0 Å². The molecule has 1 heterocycles. The Morgan fingerprint density at radius 2 is 2.21 bits per heavy atom. The van der Waals surface area contributed by atoms with E-state index in [4.69, 9.17) is 0 Å². The Morgan fingerprint density at radius 3 is 2.79 bits per heavy atom. The monoisotopic (exact) mass is 261 g/mol. The SMILES string of the molecule is CCn1nc(C)c(C(C)NCCC2=CCCC2)c1C. The van der Waals surface area contributed by atoms with E-state index in [1.54, 1.807) is 5.57 Å². The molecule has 0 fully saturated rings. The van der Waals surface area contributed by atoms with E-state index in [0.717, 1.165) is 13.1 Å². The summed E-state index contributed by atoms with van der Waals surface area (Å²) in [5.74, 6) is 0. The smallest absolute Gasteiger partial charge is 0.0644 e. The van der Waals surface area contributed by atoms with Crippen molar-refractivity contribution in [3.63, 3.8) is 0 Å². The topological polar surface area (TPSA) is 29.9 Å². The summed E-state index contributed by atoms with van der Waals surface area (Å²) < 4.78 is 2.10. The van der Waals surface area contributed by atoms with Crippen molar-refractivity contribution in [3.05, 3.63) is 28.6 Å². The van der Waals surface area contributed by atoms with Crippen LogP contribution >= 0.6 is 0 Å². The Hall–Kier alpha value is -1.09. The van der Waals surface area contributed by atoms with E-state index in [2.05, 4.69) is 48.9 Å². The maximum absolute atomic E-state index is 4.60. The number of allylic oxidation sites excluding steroid dienone is 1. The molecule has 1 atom stereocenters. The number of hydrogen-bond acceptors (Lipinski definition) is 2. The van der Waals surface area contributed by atoms with Crippen LogP contribution in [0.4, 0.5) is 0 Å². The van der Waals surface area contributed by atoms with Crippen molar-refractivity contribution >= 4 is 0 Å². The first-order valence-corrected chi connectivity index (χ1v) is 7.58. The Labute approximate surface area is 117 Å². The number of rotatable bonds is 6. The van der Waals surface area contributed by atoms with Gasteiger partial charge >= 0.3 is 0 Å². The maximum Gasteiger partial charge on any atom is 0.0644 e. The number of nitrogens with zero attached hydrogens (tertiary/aromatic N) is 2. The van der Waals surface area contributed by atoms with Gasteiger partial charge in [0.25, 0.3) is 0 Å². The predicted molar refractivity (Wildman–Crippen MR) is 80.3 cm³/mol. The van der Waals surface area contributed by atoms with Gasteiger partial charge in [-0.1, -0.05) is 11.6 Å². The van der Waals surface area contributed by atoms with Crippen LogP contribution in [-0.2, 0) is 6.54 Å². The number of aromatic nitrogens is 2. The summed E-state index contributed by atoms with van der Waals surface area (Å²) in [6.45, 7) is 10.7. The van der Waals surface area contributed by atoms with Gasteiger partial charge in [-0.2, -0.15) is 5.10 Å². The average molecular weight is 261 g/mol. The highest BCUT2D eigenvalue weighted by Crippen LogP contribution is 2.23. The van der Waals surface area contributed by atoms with E-state index in [9.17, 15) is 0 Å². The van der Waals surface area contributed by atoms with Gasteiger partial charge in [0.15, 0.2) is 0 Å². The van der Waals surface area contributed by atoms with Crippen molar-refractivity contribution in [2.24, 2.45) is 0 Å². The molecule has 0 spiro atoms. The van der Waals surface area contributed by atoms with E-state index >= 15 is 0 Å². The molecule has 0 bridgehead atoms. The molecule has 1 unspecified atom stereocenters. The number of aryl methyl sites for hydroxylation is 2. The van der Waals surface area contributed by atoms with Crippen LogP contribution < -0.4 is 5.32 Å². The molecule has 0 saturated carbocycles. The molecule has 1 aliphatic rings. The molecule has 0 radical (unpaired) electrons. The van der Waals surface area contributed by atoms with Gasteiger partial charge in [0.1, 0.15) is 0 Å². The molecule has 0 aliphatic heterocycles. The number of nitrogens with one attached hydrogen (secondary N) is 1. The molecule has 1 aromatic rings. The zero-order valence-electron chi connectivity index (χ0n) is 12.8. The molecule has 1 aromatic heterocycles. The fraction of sp³-hybridized carbons (Fsp3) is 0.688. The molecule has 1 N–H and O–H groups in total. The fourth-order valence-corrected chi connectivity index (χ4v) is 3.16. The van der Waals surface area contributed by atoms with E-state index < -0.39 is 0 Å². The first-order chi connectivity index (χ1) is 9.13. The van der Waals surface area contributed by atoms with Crippen LogP contribution in [0.3, 0.4) is 0 Å². The van der Waals surface area contributed by atoms with Crippen LogP contribution in [0.1, 0.15) is 62.5 Å². The Morgan fingerprint density at radius 1 is 1.42 bits per heavy atom. The highest BCUT2D eigenvalue weighted by atomic mass is 15.3. The lowest BCUT2D eigenvalue weighted by atomic mass is 10.1. The molecule has 3 nitrogen and oxygen atoms in total. The minimum Gasteiger partial charge on any atom is -0.310 e. The maximum atomic E-state index is 4.60. The largest absolute Gasteiger partial charge is 0.310 e. The third-order valence-electron chi connectivity index (χ3n) is 4.20. The molecule has 3 heteroatoms. The second kappa shape index (κ2) is 6.38. The Kier molecular flexibility index (Phi) is 4.81. The van der Waals surface area contributed by atoms with Crippen LogP contribution in [0.25, 0.3) is 0 Å². The van der Waals surface area contributed by atoms with Crippen LogP contribution in [0.5, 0.6) is 0 Å². The van der Waals surface area contributed by atoms with Crippen molar-refractivity contribution in [2.75, 3.05) is 6.54 Å². The predicted octanol–water partition coefficient (Wildman–Crippen LogP) is 3.67. The zero-order valence-corrected chi connectivity index (χ0v) is 12.8. The minimum atomic E-state index is 0.391. The van der Waals surface area contributed by atoms with Gasteiger partial charge < -0.3 is 5.32 Å². The van der Waals surface area contributed by atoms with Gasteiger partial charge in [-0.05, 0) is 59.9 Å². The third-order valence-corrected chi connectivity index (χ3v) is 4.20. The average Bonchev–Trinajstić information content (AvgIpc) is 2.97. The molecule has 0 amide bonds. The molecule has 19 heavy (non-hydrogen) atoms. The van der Waals surface area contributed by atoms with Gasteiger partial charge in [-0.25, -0.2) is 0 Å². The lowest BCUT2D eigenvalue weighted by Gasteiger charge is -2.15. The van der Waals surface area contributed by atoms with Crippen LogP contribution in [0.15, 0.2) is 11.6 Å². The van der Waals surface area contributed by atoms with Crippen LogP contribution in [0.2, 0.25) is 0 Å². The second-order valence-corrected chi connectivity index (χ2v) is 5.58. The molecule has 106 valence electrons. The Balaban J connectivity index is 1.92. The third kappa shape index (κ3) is 3.27. The minimum absolute atomic E-state index is 0.391. The summed E-state index contributed by atoms with van der Waals surface area (Å²) in [5, 5.41) is 8.25. The standard InChI is InChI=1S/C16H27N3/c1-5-19-14(4)16(13(3)18-19)12(2)17-11-10-15-8-6-7-9-15/h8,12,17H,5-7,9-11H2,1-4H3. The van der Waals surface area contributed by atoms with Gasteiger partial charge in [0, 0.05) is 23.8 Å². The highest BCUT2D eigenvalue weighted by Gasteiger charge is 2.16. The molecule has 0 aromatic carbocycles. The summed E-state index contributed by atoms with van der Waals surface area (Å²) in [5.41, 5.74) is 5.49. The summed E-state index contributed by atoms with van der Waals surface area (Å²) in [6.07, 6.45) is 7.56. The second-order valence-electron chi connectivity index (χ2n) is 5.58. The van der Waals surface area contributed by atoms with E-state index in [0.29, 0.717) is 6.04 Å². The fourth-order valence-electron chi connectivity index (χ4n) is 3.16. The van der Waals surface area contributed by atoms with Crippen molar-refractivity contribution in [3.8, 4) is 0 Å². The normalized spacial score (nSPS) is 16.7. The quantitative estimate of drug-likeness (QED) is 0.792. The molecule has 0 saturated heterocycles. The highest BCUT2D eigenvalue weighted by molar-refractivity contribution is 5.27.